The fourth-order valence-corrected chi connectivity index (χ4v) is 4.52. The number of furan rings is 1. The molecule has 0 saturated heterocycles. The Bertz CT molecular complexity index is 1330. The van der Waals surface area contributed by atoms with E-state index in [9.17, 15) is 4.79 Å². The summed E-state index contributed by atoms with van der Waals surface area (Å²) in [5, 5.41) is 10.7. The maximum Gasteiger partial charge on any atom is 0.277 e. The van der Waals surface area contributed by atoms with Gasteiger partial charge in [0.2, 0.25) is 5.89 Å². The van der Waals surface area contributed by atoms with Crippen LogP contribution in [0.3, 0.4) is 0 Å². The van der Waals surface area contributed by atoms with Crippen LogP contribution in [0.1, 0.15) is 18.0 Å². The fraction of sp³-hybridized carbons (Fsp3) is 0.105. The highest BCUT2D eigenvalue weighted by Crippen LogP contribution is 2.35. The first-order chi connectivity index (χ1) is 14.2. The molecule has 0 aliphatic carbocycles. The lowest BCUT2D eigenvalue weighted by Crippen LogP contribution is -2.12. The average molecular weight is 423 g/mol. The van der Waals surface area contributed by atoms with Gasteiger partial charge in [-0.25, -0.2) is 4.98 Å². The third-order valence-corrected chi connectivity index (χ3v) is 6.04. The number of hydrogen-bond acceptors (Lipinski definition) is 9. The van der Waals surface area contributed by atoms with Crippen LogP contribution in [-0.4, -0.2) is 25.1 Å². The van der Waals surface area contributed by atoms with E-state index in [0.29, 0.717) is 32.9 Å². The highest BCUT2D eigenvalue weighted by atomic mass is 32.2. The number of hydrogen-bond donors (Lipinski definition) is 1. The predicted octanol–water partition coefficient (Wildman–Crippen LogP) is 4.54. The van der Waals surface area contributed by atoms with Gasteiger partial charge in [0.05, 0.1) is 22.5 Å². The average Bonchev–Trinajstić information content (AvgIpc) is 3.49. The summed E-state index contributed by atoms with van der Waals surface area (Å²) >= 11 is 2.73. The number of aromatic amines is 1. The first kappa shape index (κ1) is 17.8. The van der Waals surface area contributed by atoms with E-state index in [0.717, 1.165) is 11.1 Å². The number of nitrogens with zero attached hydrogens (tertiary/aromatic N) is 4. The molecule has 0 saturated carbocycles. The Labute approximate surface area is 172 Å². The lowest BCUT2D eigenvalue weighted by molar-refractivity contribution is 0.464. The normalized spacial score (nSPS) is 12.4. The van der Waals surface area contributed by atoms with E-state index in [4.69, 9.17) is 8.83 Å². The minimum absolute atomic E-state index is 0.191. The summed E-state index contributed by atoms with van der Waals surface area (Å²) in [5.41, 5.74) is 1.29. The van der Waals surface area contributed by atoms with Crippen molar-refractivity contribution in [1.29, 1.82) is 0 Å². The summed E-state index contributed by atoms with van der Waals surface area (Å²) in [5.74, 6) is 1.58. The van der Waals surface area contributed by atoms with E-state index in [-0.39, 0.29) is 10.8 Å². The van der Waals surface area contributed by atoms with Gasteiger partial charge in [0.15, 0.2) is 0 Å². The Kier molecular flexibility index (Phi) is 4.49. The van der Waals surface area contributed by atoms with Crippen molar-refractivity contribution < 1.29 is 8.83 Å². The smallest absolute Gasteiger partial charge is 0.277 e. The largest absolute Gasteiger partial charge is 0.464 e. The molecule has 1 N–H and O–H groups in total. The quantitative estimate of drug-likeness (QED) is 0.410. The van der Waals surface area contributed by atoms with Gasteiger partial charge < -0.3 is 13.8 Å². The van der Waals surface area contributed by atoms with Gasteiger partial charge >= 0.3 is 0 Å². The molecule has 5 aromatic rings. The van der Waals surface area contributed by atoms with Crippen molar-refractivity contribution in [3.63, 3.8) is 0 Å². The first-order valence-electron chi connectivity index (χ1n) is 8.65. The Morgan fingerprint density at radius 1 is 1.24 bits per heavy atom. The number of rotatable bonds is 5. The molecule has 29 heavy (non-hydrogen) atoms. The topological polar surface area (TPSA) is 111 Å². The van der Waals surface area contributed by atoms with E-state index < -0.39 is 0 Å². The molecule has 0 fully saturated rings. The van der Waals surface area contributed by atoms with Crippen LogP contribution >= 0.6 is 23.1 Å². The van der Waals surface area contributed by atoms with Gasteiger partial charge in [-0.3, -0.25) is 9.78 Å². The number of aromatic nitrogens is 5. The van der Waals surface area contributed by atoms with Crippen LogP contribution in [0.2, 0.25) is 0 Å². The summed E-state index contributed by atoms with van der Waals surface area (Å²) in [4.78, 5) is 24.9. The zero-order chi connectivity index (χ0) is 19.8. The van der Waals surface area contributed by atoms with Gasteiger partial charge in [-0.15, -0.1) is 21.5 Å². The molecule has 0 aliphatic rings. The molecule has 0 bridgehead atoms. The number of H-pyrrole nitrogens is 1. The second kappa shape index (κ2) is 7.30. The molecular weight excluding hydrogens is 410 g/mol. The van der Waals surface area contributed by atoms with Gasteiger partial charge in [0, 0.05) is 23.3 Å². The van der Waals surface area contributed by atoms with Crippen LogP contribution in [-0.2, 0) is 0 Å². The van der Waals surface area contributed by atoms with Crippen molar-refractivity contribution in [2.24, 2.45) is 0 Å². The van der Waals surface area contributed by atoms with Crippen molar-refractivity contribution in [2.45, 2.75) is 17.4 Å². The molecule has 10 heteroatoms. The molecule has 0 unspecified atom stereocenters. The molecule has 0 spiro atoms. The Morgan fingerprint density at radius 3 is 2.97 bits per heavy atom. The van der Waals surface area contributed by atoms with Crippen molar-refractivity contribution in [3.05, 3.63) is 64.5 Å². The molecule has 1 atom stereocenters. The van der Waals surface area contributed by atoms with Crippen LogP contribution in [0.5, 0.6) is 0 Å². The van der Waals surface area contributed by atoms with Crippen LogP contribution in [0.25, 0.3) is 33.0 Å². The SMILES string of the molecule is C[C@@H](Sc1nnc(-c2cccnc2)o1)c1nc2scc(-c3ccco3)c2c(=O)[nH]1. The summed E-state index contributed by atoms with van der Waals surface area (Å²) < 4.78 is 11.1. The molecule has 144 valence electrons. The maximum atomic E-state index is 12.7. The van der Waals surface area contributed by atoms with E-state index in [1.165, 1.54) is 23.1 Å². The van der Waals surface area contributed by atoms with Crippen molar-refractivity contribution in [1.82, 2.24) is 25.1 Å². The predicted molar refractivity (Wildman–Crippen MR) is 110 cm³/mol. The molecule has 0 aromatic carbocycles. The van der Waals surface area contributed by atoms with Gasteiger partial charge in [-0.2, -0.15) is 0 Å². The minimum atomic E-state index is -0.202. The number of fused-ring (bicyclic) bond motifs is 1. The van der Waals surface area contributed by atoms with Crippen molar-refractivity contribution in [2.75, 3.05) is 0 Å². The highest BCUT2D eigenvalue weighted by Gasteiger charge is 2.20. The van der Waals surface area contributed by atoms with Gasteiger partial charge in [-0.1, -0.05) is 11.8 Å². The number of thiophene rings is 1. The lowest BCUT2D eigenvalue weighted by atomic mass is 10.2. The molecule has 8 nitrogen and oxygen atoms in total. The minimum Gasteiger partial charge on any atom is -0.464 e. The lowest BCUT2D eigenvalue weighted by Gasteiger charge is -2.07. The van der Waals surface area contributed by atoms with E-state index in [1.807, 2.05) is 24.4 Å². The fourth-order valence-electron chi connectivity index (χ4n) is 2.84. The Morgan fingerprint density at radius 2 is 2.17 bits per heavy atom. The van der Waals surface area contributed by atoms with Crippen molar-refractivity contribution >= 4 is 33.3 Å². The second-order valence-corrected chi connectivity index (χ2v) is 8.28. The maximum absolute atomic E-state index is 12.7. The zero-order valence-corrected chi connectivity index (χ0v) is 16.7. The number of thioether (sulfide) groups is 1. The van der Waals surface area contributed by atoms with E-state index >= 15 is 0 Å². The Balaban J connectivity index is 1.42. The molecule has 0 amide bonds. The third-order valence-electron chi connectivity index (χ3n) is 4.23. The van der Waals surface area contributed by atoms with Crippen LogP contribution in [0.15, 0.2) is 67.2 Å². The van der Waals surface area contributed by atoms with Gasteiger partial charge in [0.25, 0.3) is 10.8 Å². The molecule has 5 aromatic heterocycles. The van der Waals surface area contributed by atoms with Crippen LogP contribution in [0, 0.1) is 0 Å². The van der Waals surface area contributed by atoms with E-state index in [1.54, 1.807) is 30.8 Å². The van der Waals surface area contributed by atoms with Gasteiger partial charge in [0.1, 0.15) is 16.4 Å². The van der Waals surface area contributed by atoms with Crippen molar-refractivity contribution in [3.8, 4) is 22.8 Å². The van der Waals surface area contributed by atoms with Gasteiger partial charge in [-0.05, 0) is 31.2 Å². The number of nitrogens with one attached hydrogen (secondary N) is 1. The monoisotopic (exact) mass is 423 g/mol. The van der Waals surface area contributed by atoms with Crippen LogP contribution in [0.4, 0.5) is 0 Å². The Hall–Kier alpha value is -3.24. The standard InChI is InChI=1S/C19H13N5O3S2/c1-10(29-19-24-23-17(27-19)11-4-2-6-20-8-11)15-21-16(25)14-12(9-28-18(14)22-15)13-5-3-7-26-13/h2-10H,1H3,(H,21,22,25)/t10-/m1/s1. The molecule has 0 aliphatic heterocycles. The molecule has 0 radical (unpaired) electrons. The summed E-state index contributed by atoms with van der Waals surface area (Å²) in [6.07, 6.45) is 4.92. The first-order valence-corrected chi connectivity index (χ1v) is 10.4. The van der Waals surface area contributed by atoms with E-state index in [2.05, 4.69) is 25.1 Å². The summed E-state index contributed by atoms with van der Waals surface area (Å²) in [6.45, 7) is 1.92. The molecule has 5 heterocycles. The third kappa shape index (κ3) is 3.36. The summed E-state index contributed by atoms with van der Waals surface area (Å²) in [7, 11) is 0. The molecular formula is C19H13N5O3S2. The second-order valence-electron chi connectivity index (χ2n) is 6.13. The molecule has 5 rings (SSSR count). The number of pyridine rings is 1. The summed E-state index contributed by atoms with van der Waals surface area (Å²) in [6, 6.07) is 7.26. The zero-order valence-electron chi connectivity index (χ0n) is 15.0. The highest BCUT2D eigenvalue weighted by molar-refractivity contribution is 7.99. The van der Waals surface area contributed by atoms with Crippen LogP contribution < -0.4 is 5.56 Å².